The predicted octanol–water partition coefficient (Wildman–Crippen LogP) is 4.42. The summed E-state index contributed by atoms with van der Waals surface area (Å²) in [4.78, 5) is 12.0. The normalized spacial score (nSPS) is 10.5. The molecular formula is C20H19NO2. The number of amides is 1. The average molecular weight is 305 g/mol. The lowest BCUT2D eigenvalue weighted by Gasteiger charge is -2.10. The van der Waals surface area contributed by atoms with E-state index in [1.807, 2.05) is 66.7 Å². The van der Waals surface area contributed by atoms with Gasteiger partial charge in [0.05, 0.1) is 0 Å². The molecule has 0 saturated carbocycles. The Balaban J connectivity index is 1.63. The summed E-state index contributed by atoms with van der Waals surface area (Å²) in [6, 6.07) is 21.7. The van der Waals surface area contributed by atoms with Crippen molar-refractivity contribution in [3.63, 3.8) is 0 Å². The molecule has 1 amide bonds. The van der Waals surface area contributed by atoms with Gasteiger partial charge in [-0.2, -0.15) is 0 Å². The number of fused-ring (bicyclic) bond motifs is 1. The zero-order valence-electron chi connectivity index (χ0n) is 13.1. The number of anilines is 1. The van der Waals surface area contributed by atoms with Crippen molar-refractivity contribution >= 4 is 22.4 Å². The lowest BCUT2D eigenvalue weighted by Crippen LogP contribution is -2.20. The van der Waals surface area contributed by atoms with Crippen molar-refractivity contribution < 1.29 is 9.53 Å². The summed E-state index contributed by atoms with van der Waals surface area (Å²) in [5, 5.41) is 4.95. The first-order valence-corrected chi connectivity index (χ1v) is 7.75. The Bertz CT molecular complexity index is 804. The minimum atomic E-state index is -0.165. The molecule has 0 spiro atoms. The molecule has 3 heteroatoms. The van der Waals surface area contributed by atoms with E-state index in [1.165, 1.54) is 5.56 Å². The van der Waals surface area contributed by atoms with Gasteiger partial charge in [-0.1, -0.05) is 55.5 Å². The summed E-state index contributed by atoms with van der Waals surface area (Å²) in [6.07, 6.45) is 0.985. The van der Waals surface area contributed by atoms with Crippen molar-refractivity contribution in [3.05, 3.63) is 72.3 Å². The molecule has 0 heterocycles. The highest BCUT2D eigenvalue weighted by atomic mass is 16.5. The number of aryl methyl sites for hydroxylation is 1. The maximum Gasteiger partial charge on any atom is 0.262 e. The van der Waals surface area contributed by atoms with Crippen molar-refractivity contribution in [1.29, 1.82) is 0 Å². The van der Waals surface area contributed by atoms with Gasteiger partial charge in [-0.3, -0.25) is 4.79 Å². The molecule has 0 radical (unpaired) electrons. The Morgan fingerprint density at radius 1 is 0.957 bits per heavy atom. The van der Waals surface area contributed by atoms with Gasteiger partial charge in [-0.15, -0.1) is 0 Å². The second kappa shape index (κ2) is 6.97. The Hall–Kier alpha value is -2.81. The summed E-state index contributed by atoms with van der Waals surface area (Å²) in [6.45, 7) is 2.09. The van der Waals surface area contributed by atoms with Gasteiger partial charge in [0.15, 0.2) is 6.61 Å². The number of ether oxygens (including phenoxy) is 1. The van der Waals surface area contributed by atoms with E-state index in [4.69, 9.17) is 4.74 Å². The third-order valence-electron chi connectivity index (χ3n) is 3.75. The standard InChI is InChI=1S/C20H19NO2/c1-2-15-10-12-17(13-11-15)21-20(22)14-23-19-9-5-7-16-6-3-4-8-18(16)19/h3-13H,2,14H2,1H3,(H,21,22). The molecule has 1 N–H and O–H groups in total. The van der Waals surface area contributed by atoms with Crippen LogP contribution in [-0.4, -0.2) is 12.5 Å². The molecule has 0 saturated heterocycles. The lowest BCUT2D eigenvalue weighted by atomic mass is 10.1. The molecule has 0 aliphatic carbocycles. The second-order valence-corrected chi connectivity index (χ2v) is 5.36. The summed E-state index contributed by atoms with van der Waals surface area (Å²) in [5.74, 6) is 0.557. The van der Waals surface area contributed by atoms with Crippen LogP contribution in [0.4, 0.5) is 5.69 Å². The average Bonchev–Trinajstić information content (AvgIpc) is 2.60. The van der Waals surface area contributed by atoms with E-state index in [1.54, 1.807) is 0 Å². The van der Waals surface area contributed by atoms with Crippen molar-refractivity contribution in [2.24, 2.45) is 0 Å². The Morgan fingerprint density at radius 2 is 1.70 bits per heavy atom. The van der Waals surface area contributed by atoms with Crippen LogP contribution in [0.3, 0.4) is 0 Å². The van der Waals surface area contributed by atoms with Crippen LogP contribution >= 0.6 is 0 Å². The van der Waals surface area contributed by atoms with Crippen LogP contribution in [0.2, 0.25) is 0 Å². The zero-order chi connectivity index (χ0) is 16.1. The molecule has 23 heavy (non-hydrogen) atoms. The smallest absolute Gasteiger partial charge is 0.262 e. The van der Waals surface area contributed by atoms with E-state index >= 15 is 0 Å². The van der Waals surface area contributed by atoms with Gasteiger partial charge in [0.1, 0.15) is 5.75 Å². The van der Waals surface area contributed by atoms with E-state index in [-0.39, 0.29) is 12.5 Å². The Labute approximate surface area is 135 Å². The first kappa shape index (κ1) is 15.1. The molecule has 0 unspecified atom stereocenters. The first-order chi connectivity index (χ1) is 11.3. The highest BCUT2D eigenvalue weighted by molar-refractivity contribution is 5.93. The molecule has 3 nitrogen and oxygen atoms in total. The summed E-state index contributed by atoms with van der Waals surface area (Å²) < 4.78 is 5.69. The van der Waals surface area contributed by atoms with Crippen LogP contribution in [0.1, 0.15) is 12.5 Å². The molecular weight excluding hydrogens is 286 g/mol. The summed E-state index contributed by atoms with van der Waals surface area (Å²) in [7, 11) is 0. The highest BCUT2D eigenvalue weighted by Crippen LogP contribution is 2.25. The molecule has 0 atom stereocenters. The maximum atomic E-state index is 12.0. The Kier molecular flexibility index (Phi) is 4.57. The van der Waals surface area contributed by atoms with Crippen LogP contribution in [0.5, 0.6) is 5.75 Å². The van der Waals surface area contributed by atoms with Gasteiger partial charge >= 0.3 is 0 Å². The lowest BCUT2D eigenvalue weighted by molar-refractivity contribution is -0.118. The quantitative estimate of drug-likeness (QED) is 0.758. The molecule has 116 valence electrons. The molecule has 0 aromatic heterocycles. The predicted molar refractivity (Wildman–Crippen MR) is 93.9 cm³/mol. The number of carbonyl (C=O) groups excluding carboxylic acids is 1. The van der Waals surface area contributed by atoms with Crippen LogP contribution < -0.4 is 10.1 Å². The van der Waals surface area contributed by atoms with Crippen molar-refractivity contribution in [2.45, 2.75) is 13.3 Å². The molecule has 0 aliphatic rings. The second-order valence-electron chi connectivity index (χ2n) is 5.36. The van der Waals surface area contributed by atoms with E-state index in [2.05, 4.69) is 12.2 Å². The first-order valence-electron chi connectivity index (χ1n) is 7.75. The highest BCUT2D eigenvalue weighted by Gasteiger charge is 2.06. The van der Waals surface area contributed by atoms with E-state index in [0.717, 1.165) is 28.6 Å². The van der Waals surface area contributed by atoms with E-state index in [9.17, 15) is 4.79 Å². The fraction of sp³-hybridized carbons (Fsp3) is 0.150. The van der Waals surface area contributed by atoms with Crippen molar-refractivity contribution in [3.8, 4) is 5.75 Å². The Morgan fingerprint density at radius 3 is 2.48 bits per heavy atom. The molecule has 3 rings (SSSR count). The number of benzene rings is 3. The van der Waals surface area contributed by atoms with Crippen LogP contribution in [0, 0.1) is 0 Å². The fourth-order valence-electron chi connectivity index (χ4n) is 2.49. The molecule has 0 bridgehead atoms. The minimum Gasteiger partial charge on any atom is -0.483 e. The van der Waals surface area contributed by atoms with Gasteiger partial charge in [0.25, 0.3) is 5.91 Å². The third-order valence-corrected chi connectivity index (χ3v) is 3.75. The van der Waals surface area contributed by atoms with Gasteiger partial charge in [-0.25, -0.2) is 0 Å². The monoisotopic (exact) mass is 305 g/mol. The molecule has 0 fully saturated rings. The van der Waals surface area contributed by atoms with E-state index < -0.39 is 0 Å². The van der Waals surface area contributed by atoms with E-state index in [0.29, 0.717) is 0 Å². The number of hydrogen-bond acceptors (Lipinski definition) is 2. The number of carbonyl (C=O) groups is 1. The minimum absolute atomic E-state index is 0.0104. The third kappa shape index (κ3) is 3.69. The van der Waals surface area contributed by atoms with Crippen LogP contribution in [0.15, 0.2) is 66.7 Å². The van der Waals surface area contributed by atoms with Crippen molar-refractivity contribution in [2.75, 3.05) is 11.9 Å². The molecule has 3 aromatic rings. The molecule has 3 aromatic carbocycles. The number of hydrogen-bond donors (Lipinski definition) is 1. The SMILES string of the molecule is CCc1ccc(NC(=O)COc2cccc3ccccc23)cc1. The fourth-order valence-corrected chi connectivity index (χ4v) is 2.49. The summed E-state index contributed by atoms with van der Waals surface area (Å²) in [5.41, 5.74) is 2.03. The van der Waals surface area contributed by atoms with Gasteiger partial charge in [-0.05, 0) is 35.6 Å². The van der Waals surface area contributed by atoms with Crippen LogP contribution in [-0.2, 0) is 11.2 Å². The summed E-state index contributed by atoms with van der Waals surface area (Å²) >= 11 is 0. The number of nitrogens with one attached hydrogen (secondary N) is 1. The largest absolute Gasteiger partial charge is 0.483 e. The van der Waals surface area contributed by atoms with Gasteiger partial charge in [0, 0.05) is 11.1 Å². The van der Waals surface area contributed by atoms with Crippen molar-refractivity contribution in [1.82, 2.24) is 0 Å². The van der Waals surface area contributed by atoms with Gasteiger partial charge in [0.2, 0.25) is 0 Å². The van der Waals surface area contributed by atoms with Crippen LogP contribution in [0.25, 0.3) is 10.8 Å². The molecule has 0 aliphatic heterocycles. The topological polar surface area (TPSA) is 38.3 Å². The number of rotatable bonds is 5. The van der Waals surface area contributed by atoms with Gasteiger partial charge < -0.3 is 10.1 Å². The maximum absolute atomic E-state index is 12.0. The zero-order valence-corrected chi connectivity index (χ0v) is 13.1.